The number of primary amides is 1. The number of hydrogen-bond donors (Lipinski definition) is 6. The van der Waals surface area contributed by atoms with Crippen molar-refractivity contribution in [3.8, 4) is 0 Å². The smallest absolute Gasteiger partial charge is 0.255 e. The Morgan fingerprint density at radius 2 is 1.79 bits per heavy atom. The van der Waals surface area contributed by atoms with Crippen LogP contribution in [0.5, 0.6) is 0 Å². The van der Waals surface area contributed by atoms with Crippen molar-refractivity contribution >= 4 is 17.5 Å². The number of fused-ring (bicyclic) bond motifs is 3. The van der Waals surface area contributed by atoms with E-state index in [2.05, 4.69) is 0 Å². The lowest BCUT2D eigenvalue weighted by molar-refractivity contribution is -0.165. The average molecular weight is 407 g/mol. The molecule has 0 aliphatic heterocycles. The largest absolute Gasteiger partial charge is 0.508 e. The maximum atomic E-state index is 13.2. The first kappa shape index (κ1) is 20.1. The molecule has 158 valence electrons. The number of Topliss-reactive ketones (excluding diaryl/α,β-unsaturated/α-hetero) is 2. The summed E-state index contributed by atoms with van der Waals surface area (Å²) in [4.78, 5) is 37.2. The third kappa shape index (κ3) is 2.41. The fraction of sp³-hybridized carbons (Fsp3) is 0.650. The second-order valence-electron chi connectivity index (χ2n) is 8.95. The molecule has 7 unspecified atom stereocenters. The van der Waals surface area contributed by atoms with E-state index >= 15 is 0 Å². The predicted molar refractivity (Wildman–Crippen MR) is 97.1 cm³/mol. The Bertz CT molecular complexity index is 887. The Hall–Kier alpha value is -2.23. The molecule has 7 atom stereocenters. The lowest BCUT2D eigenvalue weighted by Crippen LogP contribution is -2.63. The molecule has 0 aromatic heterocycles. The van der Waals surface area contributed by atoms with Gasteiger partial charge >= 0.3 is 0 Å². The van der Waals surface area contributed by atoms with Gasteiger partial charge in [-0.05, 0) is 26.2 Å². The summed E-state index contributed by atoms with van der Waals surface area (Å²) in [5.41, 5.74) is 0.0859. The summed E-state index contributed by atoms with van der Waals surface area (Å²) in [5, 5.41) is 54.4. The molecule has 0 saturated heterocycles. The van der Waals surface area contributed by atoms with Gasteiger partial charge in [0.15, 0.2) is 17.2 Å². The van der Waals surface area contributed by atoms with Crippen molar-refractivity contribution in [2.75, 3.05) is 0 Å². The van der Waals surface area contributed by atoms with Gasteiger partial charge in [0.2, 0.25) is 0 Å². The number of carbonyl (C=O) groups excluding carboxylic acids is 3. The Labute approximate surface area is 166 Å². The van der Waals surface area contributed by atoms with E-state index in [0.29, 0.717) is 19.3 Å². The van der Waals surface area contributed by atoms with Gasteiger partial charge in [0.05, 0.1) is 17.6 Å². The van der Waals surface area contributed by atoms with Gasteiger partial charge < -0.3 is 31.3 Å². The van der Waals surface area contributed by atoms with Gasteiger partial charge in [0.1, 0.15) is 17.1 Å². The molecule has 4 aliphatic carbocycles. The average Bonchev–Trinajstić information content (AvgIpc) is 2.62. The highest BCUT2D eigenvalue weighted by Gasteiger charge is 2.64. The predicted octanol–water partition coefficient (Wildman–Crippen LogP) is -0.453. The van der Waals surface area contributed by atoms with Crippen molar-refractivity contribution < 1.29 is 39.9 Å². The highest BCUT2D eigenvalue weighted by molar-refractivity contribution is 6.20. The first-order chi connectivity index (χ1) is 13.4. The molecule has 9 nitrogen and oxygen atoms in total. The van der Waals surface area contributed by atoms with E-state index in [0.717, 1.165) is 0 Å². The van der Waals surface area contributed by atoms with Crippen LogP contribution in [0.15, 0.2) is 22.7 Å². The topological polar surface area (TPSA) is 178 Å². The van der Waals surface area contributed by atoms with Crippen molar-refractivity contribution in [2.45, 2.75) is 56.3 Å². The Balaban J connectivity index is 1.94. The van der Waals surface area contributed by atoms with Crippen LogP contribution < -0.4 is 5.73 Å². The third-order valence-corrected chi connectivity index (χ3v) is 7.52. The molecule has 0 spiro atoms. The van der Waals surface area contributed by atoms with Crippen LogP contribution in [0.25, 0.3) is 0 Å². The highest BCUT2D eigenvalue weighted by atomic mass is 16.4. The molecule has 4 rings (SSSR count). The van der Waals surface area contributed by atoms with Crippen molar-refractivity contribution in [2.24, 2.45) is 29.4 Å². The van der Waals surface area contributed by atoms with E-state index in [1.54, 1.807) is 0 Å². The minimum atomic E-state index is -2.53. The summed E-state index contributed by atoms with van der Waals surface area (Å²) in [5.74, 6) is -7.97. The maximum Gasteiger partial charge on any atom is 0.255 e. The Morgan fingerprint density at radius 1 is 1.14 bits per heavy atom. The summed E-state index contributed by atoms with van der Waals surface area (Å²) >= 11 is 0. The summed E-state index contributed by atoms with van der Waals surface area (Å²) in [6.07, 6.45) is 0.0971. The number of carbonyl (C=O) groups is 3. The fourth-order valence-corrected chi connectivity index (χ4v) is 6.02. The fourth-order valence-electron chi connectivity index (χ4n) is 6.02. The number of aliphatic hydroxyl groups is 5. The number of rotatable bonds is 1. The zero-order valence-corrected chi connectivity index (χ0v) is 16.0. The van der Waals surface area contributed by atoms with E-state index in [4.69, 9.17) is 5.73 Å². The van der Waals surface area contributed by atoms with Gasteiger partial charge in [-0.1, -0.05) is 6.42 Å². The van der Waals surface area contributed by atoms with Crippen LogP contribution in [0.2, 0.25) is 0 Å². The van der Waals surface area contributed by atoms with Crippen molar-refractivity contribution in [1.29, 1.82) is 0 Å². The van der Waals surface area contributed by atoms with E-state index < -0.39 is 75.5 Å². The first-order valence-corrected chi connectivity index (χ1v) is 9.81. The van der Waals surface area contributed by atoms with Crippen LogP contribution in [0.4, 0.5) is 0 Å². The summed E-state index contributed by atoms with van der Waals surface area (Å²) in [7, 11) is 0. The summed E-state index contributed by atoms with van der Waals surface area (Å²) in [6.45, 7) is 1.53. The second kappa shape index (κ2) is 6.13. The van der Waals surface area contributed by atoms with Crippen molar-refractivity contribution in [1.82, 2.24) is 0 Å². The molecule has 0 bridgehead atoms. The number of nitrogens with two attached hydrogens (primary N) is 1. The molecule has 0 heterocycles. The van der Waals surface area contributed by atoms with E-state index in [-0.39, 0.29) is 18.4 Å². The molecule has 9 heteroatoms. The van der Waals surface area contributed by atoms with Crippen LogP contribution in [-0.2, 0) is 14.4 Å². The molecule has 4 aliphatic rings. The molecule has 2 saturated carbocycles. The zero-order chi connectivity index (χ0) is 21.5. The normalized spacial score (nSPS) is 44.9. The third-order valence-electron chi connectivity index (χ3n) is 7.52. The van der Waals surface area contributed by atoms with Gasteiger partial charge in [-0.2, -0.15) is 0 Å². The van der Waals surface area contributed by atoms with Gasteiger partial charge in [-0.3, -0.25) is 14.4 Å². The van der Waals surface area contributed by atoms with Gasteiger partial charge in [0.25, 0.3) is 5.91 Å². The van der Waals surface area contributed by atoms with Crippen molar-refractivity contribution in [3.05, 3.63) is 22.7 Å². The zero-order valence-electron chi connectivity index (χ0n) is 16.0. The molecule has 29 heavy (non-hydrogen) atoms. The summed E-state index contributed by atoms with van der Waals surface area (Å²) in [6, 6.07) is 0. The number of hydrogen-bond acceptors (Lipinski definition) is 8. The van der Waals surface area contributed by atoms with Gasteiger partial charge in [0, 0.05) is 29.7 Å². The lowest BCUT2D eigenvalue weighted by Gasteiger charge is -2.55. The quantitative estimate of drug-likeness (QED) is 0.316. The molecule has 0 aromatic carbocycles. The van der Waals surface area contributed by atoms with Crippen LogP contribution >= 0.6 is 0 Å². The monoisotopic (exact) mass is 407 g/mol. The molecule has 1 amide bonds. The standard InChI is InChI=1S/C20H25NO8/c1-19(28)8-3-2-4-10(22)12(8)15(24)13-9(19)5-7-6-11(23)14(18(21)27)17(26)20(7,29)16(13)25/h7-10,12,22,25-26,28-29H,2-6H2,1H3,(H2,21,27). The van der Waals surface area contributed by atoms with Crippen LogP contribution in [0.3, 0.4) is 0 Å². The lowest BCUT2D eigenvalue weighted by atomic mass is 9.51. The molecule has 0 radical (unpaired) electrons. The molecule has 7 N–H and O–H groups in total. The molecular weight excluding hydrogens is 382 g/mol. The molecular formula is C20H25NO8. The Kier molecular flexibility index (Phi) is 4.24. The summed E-state index contributed by atoms with van der Waals surface area (Å²) < 4.78 is 0. The van der Waals surface area contributed by atoms with Crippen molar-refractivity contribution in [3.63, 3.8) is 0 Å². The van der Waals surface area contributed by atoms with Crippen LogP contribution in [0.1, 0.15) is 39.0 Å². The highest BCUT2D eigenvalue weighted by Crippen LogP contribution is 2.57. The maximum absolute atomic E-state index is 13.2. The van der Waals surface area contributed by atoms with E-state index in [9.17, 15) is 39.9 Å². The van der Waals surface area contributed by atoms with Crippen LogP contribution in [0, 0.1) is 23.7 Å². The minimum absolute atomic E-state index is 0.0597. The van der Waals surface area contributed by atoms with E-state index in [1.807, 2.05) is 0 Å². The van der Waals surface area contributed by atoms with Crippen LogP contribution in [-0.4, -0.2) is 60.3 Å². The SMILES string of the molecule is CC1(O)C2CC3CC(=O)C(C(N)=O)=C(O)C3(O)C(O)=C2C(=O)C2C(O)CCCC21. The Morgan fingerprint density at radius 3 is 2.41 bits per heavy atom. The van der Waals surface area contributed by atoms with E-state index in [1.165, 1.54) is 6.92 Å². The van der Waals surface area contributed by atoms with Gasteiger partial charge in [-0.25, -0.2) is 0 Å². The number of ketones is 2. The number of amides is 1. The number of aliphatic hydroxyl groups excluding tert-OH is 3. The second-order valence-corrected chi connectivity index (χ2v) is 8.95. The minimum Gasteiger partial charge on any atom is -0.508 e. The molecule has 0 aromatic rings. The first-order valence-electron chi connectivity index (χ1n) is 9.81. The molecule has 2 fully saturated rings. The van der Waals surface area contributed by atoms with Gasteiger partial charge in [-0.15, -0.1) is 0 Å².